The van der Waals surface area contributed by atoms with Gasteiger partial charge in [-0.05, 0) is 18.1 Å². The van der Waals surface area contributed by atoms with E-state index in [0.717, 1.165) is 0 Å². The summed E-state index contributed by atoms with van der Waals surface area (Å²) in [6.07, 6.45) is 8.04. The summed E-state index contributed by atoms with van der Waals surface area (Å²) in [5, 5.41) is 0. The molecule has 1 aromatic rings. The molecule has 0 heterocycles. The van der Waals surface area contributed by atoms with Gasteiger partial charge in [-0.1, -0.05) is 79.2 Å². The lowest BCUT2D eigenvalue weighted by atomic mass is 10.1. The quantitative estimate of drug-likeness (QED) is 0.466. The van der Waals surface area contributed by atoms with Crippen LogP contribution in [-0.4, -0.2) is 0 Å². The Morgan fingerprint density at radius 1 is 1.13 bits per heavy atom. The predicted molar refractivity (Wildman–Crippen MR) is 70.3 cm³/mol. The molecule has 15 heavy (non-hydrogen) atoms. The van der Waals surface area contributed by atoms with Crippen molar-refractivity contribution in [1.29, 1.82) is 0 Å². The van der Waals surface area contributed by atoms with Gasteiger partial charge in [0.15, 0.2) is 0 Å². The van der Waals surface area contributed by atoms with Crippen LogP contribution in [0.5, 0.6) is 0 Å². The first-order valence-corrected chi connectivity index (χ1v) is 6.86. The van der Waals surface area contributed by atoms with Crippen LogP contribution in [0.15, 0.2) is 24.3 Å². The summed E-state index contributed by atoms with van der Waals surface area (Å²) < 4.78 is 0. The van der Waals surface area contributed by atoms with Gasteiger partial charge in [-0.3, -0.25) is 0 Å². The van der Waals surface area contributed by atoms with Crippen molar-refractivity contribution in [1.82, 2.24) is 0 Å². The Balaban J connectivity index is 2.16. The Hall–Kier alpha value is -0.300. The van der Waals surface area contributed by atoms with Crippen molar-refractivity contribution in [2.24, 2.45) is 0 Å². The monoisotopic (exact) mass is 267 g/mol. The zero-order valence-corrected chi connectivity index (χ0v) is 11.1. The maximum atomic E-state index is 3.74. The van der Waals surface area contributed by atoms with Crippen LogP contribution in [0.3, 0.4) is 0 Å². The molecule has 0 N–H and O–H groups in total. The van der Waals surface area contributed by atoms with E-state index in [1.54, 1.807) is 0 Å². The minimum atomic E-state index is 0.522. The molecule has 0 aliphatic rings. The van der Waals surface area contributed by atoms with Crippen molar-refractivity contribution in [2.45, 2.75) is 50.3 Å². The Bertz CT molecular complexity index is 243. The molecule has 1 radical (unpaired) electrons. The molecule has 0 aliphatic heterocycles. The number of hydrogen-bond acceptors (Lipinski definition) is 0. The summed E-state index contributed by atoms with van der Waals surface area (Å²) >= 11 is 3.74. The predicted octanol–water partition coefficient (Wildman–Crippen LogP) is 5.28. The molecule has 1 heteroatoms. The van der Waals surface area contributed by atoms with Gasteiger partial charge in [-0.25, -0.2) is 0 Å². The standard InChI is InChI=1S/C14H20Br/c1-2-3-4-5-9-12-14(15)13-10-7-6-8-11-13/h7-8,10-11,14H,2-5,9,12H2,1H3. The van der Waals surface area contributed by atoms with Gasteiger partial charge < -0.3 is 0 Å². The van der Waals surface area contributed by atoms with Crippen LogP contribution in [0.2, 0.25) is 0 Å². The first-order chi connectivity index (χ1) is 7.34. The molecule has 1 rings (SSSR count). The maximum absolute atomic E-state index is 3.74. The lowest BCUT2D eigenvalue weighted by molar-refractivity contribution is 0.606. The number of alkyl halides is 1. The summed E-state index contributed by atoms with van der Waals surface area (Å²) in [4.78, 5) is 0.522. The fraction of sp³-hybridized carbons (Fsp3) is 0.571. The Kier molecular flexibility index (Phi) is 6.74. The lowest BCUT2D eigenvalue weighted by Crippen LogP contribution is -1.89. The molecule has 0 amide bonds. The zero-order chi connectivity index (χ0) is 10.9. The van der Waals surface area contributed by atoms with Crippen LogP contribution in [0, 0.1) is 6.07 Å². The summed E-state index contributed by atoms with van der Waals surface area (Å²) in [7, 11) is 0. The van der Waals surface area contributed by atoms with Crippen LogP contribution in [-0.2, 0) is 0 Å². The second kappa shape index (κ2) is 7.92. The van der Waals surface area contributed by atoms with Crippen LogP contribution in [0.1, 0.15) is 55.8 Å². The lowest BCUT2D eigenvalue weighted by Gasteiger charge is -2.09. The van der Waals surface area contributed by atoms with Crippen LogP contribution < -0.4 is 0 Å². The van der Waals surface area contributed by atoms with Gasteiger partial charge in [0.05, 0.1) is 0 Å². The molecule has 0 saturated carbocycles. The highest BCUT2D eigenvalue weighted by atomic mass is 79.9. The molecule has 0 nitrogen and oxygen atoms in total. The van der Waals surface area contributed by atoms with E-state index in [0.29, 0.717) is 4.83 Å². The summed E-state index contributed by atoms with van der Waals surface area (Å²) in [5.41, 5.74) is 1.38. The summed E-state index contributed by atoms with van der Waals surface area (Å²) in [6.45, 7) is 2.26. The molecule has 83 valence electrons. The van der Waals surface area contributed by atoms with Gasteiger partial charge in [0.1, 0.15) is 0 Å². The van der Waals surface area contributed by atoms with Gasteiger partial charge in [-0.15, -0.1) is 0 Å². The van der Waals surface area contributed by atoms with E-state index in [1.807, 2.05) is 12.1 Å². The van der Waals surface area contributed by atoms with E-state index in [2.05, 4.69) is 41.1 Å². The molecule has 0 saturated heterocycles. The van der Waals surface area contributed by atoms with Gasteiger partial charge in [0, 0.05) is 4.83 Å². The molecule has 0 bridgehead atoms. The molecule has 0 aromatic heterocycles. The van der Waals surface area contributed by atoms with E-state index < -0.39 is 0 Å². The van der Waals surface area contributed by atoms with E-state index in [1.165, 1.54) is 44.1 Å². The van der Waals surface area contributed by atoms with Crippen LogP contribution in [0.4, 0.5) is 0 Å². The van der Waals surface area contributed by atoms with Crippen molar-refractivity contribution < 1.29 is 0 Å². The first-order valence-electron chi connectivity index (χ1n) is 5.94. The second-order valence-electron chi connectivity index (χ2n) is 4.00. The van der Waals surface area contributed by atoms with Crippen molar-refractivity contribution in [3.63, 3.8) is 0 Å². The molecule has 0 spiro atoms. The van der Waals surface area contributed by atoms with Crippen molar-refractivity contribution in [3.05, 3.63) is 35.9 Å². The summed E-state index contributed by atoms with van der Waals surface area (Å²) in [6, 6.07) is 11.3. The molecular formula is C14H20Br. The number of rotatable bonds is 7. The maximum Gasteiger partial charge on any atom is 0.0395 e. The number of hydrogen-bond donors (Lipinski definition) is 0. The Morgan fingerprint density at radius 3 is 2.47 bits per heavy atom. The molecule has 0 fully saturated rings. The normalized spacial score (nSPS) is 12.7. The fourth-order valence-corrected chi connectivity index (χ4v) is 2.33. The fourth-order valence-electron chi connectivity index (χ4n) is 1.70. The van der Waals surface area contributed by atoms with Gasteiger partial charge in [0.2, 0.25) is 0 Å². The van der Waals surface area contributed by atoms with Crippen LogP contribution >= 0.6 is 15.9 Å². The van der Waals surface area contributed by atoms with Crippen LogP contribution in [0.25, 0.3) is 0 Å². The first kappa shape index (κ1) is 12.8. The van der Waals surface area contributed by atoms with Crippen molar-refractivity contribution in [2.75, 3.05) is 0 Å². The third-order valence-corrected chi connectivity index (χ3v) is 3.65. The van der Waals surface area contributed by atoms with Gasteiger partial charge in [0.25, 0.3) is 0 Å². The van der Waals surface area contributed by atoms with E-state index in [4.69, 9.17) is 0 Å². The zero-order valence-electron chi connectivity index (χ0n) is 9.51. The SMILES string of the molecule is CCCCCCCC(Br)c1cc[c]cc1. The Labute approximate surface area is 102 Å². The molecule has 1 aromatic carbocycles. The number of unbranched alkanes of at least 4 members (excludes halogenated alkanes) is 4. The van der Waals surface area contributed by atoms with E-state index >= 15 is 0 Å². The van der Waals surface area contributed by atoms with Crippen molar-refractivity contribution in [3.8, 4) is 0 Å². The largest absolute Gasteiger partial charge is 0.0839 e. The van der Waals surface area contributed by atoms with Crippen molar-refractivity contribution >= 4 is 15.9 Å². The van der Waals surface area contributed by atoms with E-state index in [-0.39, 0.29) is 0 Å². The highest BCUT2D eigenvalue weighted by Gasteiger charge is 2.05. The summed E-state index contributed by atoms with van der Waals surface area (Å²) in [5.74, 6) is 0. The molecule has 1 unspecified atom stereocenters. The number of halogens is 1. The molecule has 0 aliphatic carbocycles. The second-order valence-corrected chi connectivity index (χ2v) is 5.11. The Morgan fingerprint density at radius 2 is 1.80 bits per heavy atom. The number of benzene rings is 1. The third-order valence-electron chi connectivity index (χ3n) is 2.67. The van der Waals surface area contributed by atoms with Gasteiger partial charge in [-0.2, -0.15) is 0 Å². The average Bonchev–Trinajstić information content (AvgIpc) is 2.30. The minimum absolute atomic E-state index is 0.522. The highest BCUT2D eigenvalue weighted by molar-refractivity contribution is 9.09. The molecular weight excluding hydrogens is 248 g/mol. The smallest absolute Gasteiger partial charge is 0.0395 e. The average molecular weight is 268 g/mol. The minimum Gasteiger partial charge on any atom is -0.0839 e. The molecule has 1 atom stereocenters. The topological polar surface area (TPSA) is 0 Å². The highest BCUT2D eigenvalue weighted by Crippen LogP contribution is 2.28. The third kappa shape index (κ3) is 5.36. The van der Waals surface area contributed by atoms with E-state index in [9.17, 15) is 0 Å². The van der Waals surface area contributed by atoms with Gasteiger partial charge >= 0.3 is 0 Å².